The Hall–Kier alpha value is -2.08. The lowest BCUT2D eigenvalue weighted by Gasteiger charge is -2.21. The molecule has 0 saturated heterocycles. The van der Waals surface area contributed by atoms with Crippen LogP contribution in [0, 0.1) is 0 Å². The number of methoxy groups -OCH3 is 1. The molecule has 1 rings (SSSR count). The van der Waals surface area contributed by atoms with Gasteiger partial charge in [0.25, 0.3) is 0 Å². The maximum absolute atomic E-state index is 12.3. The summed E-state index contributed by atoms with van der Waals surface area (Å²) in [5.41, 5.74) is 7.18. The first kappa shape index (κ1) is 17.0. The molecule has 2 amide bonds. The van der Waals surface area contributed by atoms with E-state index in [-0.39, 0.29) is 24.3 Å². The molecule has 1 aromatic carbocycles. The summed E-state index contributed by atoms with van der Waals surface area (Å²) in [6.45, 7) is 2.71. The first-order chi connectivity index (χ1) is 9.95. The summed E-state index contributed by atoms with van der Waals surface area (Å²) in [5, 5.41) is 2.68. The minimum atomic E-state index is -0.342. The van der Waals surface area contributed by atoms with Gasteiger partial charge < -0.3 is 20.7 Å². The molecule has 0 aromatic heterocycles. The van der Waals surface area contributed by atoms with E-state index in [1.165, 1.54) is 4.90 Å². The van der Waals surface area contributed by atoms with Crippen LogP contribution < -0.4 is 11.1 Å². The zero-order chi connectivity index (χ0) is 15.8. The van der Waals surface area contributed by atoms with Crippen LogP contribution >= 0.6 is 0 Å². The van der Waals surface area contributed by atoms with Gasteiger partial charge in [-0.1, -0.05) is 12.1 Å². The maximum Gasteiger partial charge on any atom is 0.239 e. The second-order valence-electron chi connectivity index (χ2n) is 4.93. The van der Waals surface area contributed by atoms with Crippen molar-refractivity contribution in [3.8, 4) is 0 Å². The number of nitrogen functional groups attached to an aromatic ring is 1. The van der Waals surface area contributed by atoms with Crippen molar-refractivity contribution >= 4 is 17.5 Å². The van der Waals surface area contributed by atoms with Crippen molar-refractivity contribution in [3.63, 3.8) is 0 Å². The summed E-state index contributed by atoms with van der Waals surface area (Å²) in [4.78, 5) is 25.4. The van der Waals surface area contributed by atoms with E-state index < -0.39 is 0 Å². The third kappa shape index (κ3) is 5.43. The van der Waals surface area contributed by atoms with Crippen molar-refractivity contribution in [2.45, 2.75) is 12.8 Å². The molecular formula is C15H23N3O3. The van der Waals surface area contributed by atoms with Crippen LogP contribution in [0.15, 0.2) is 24.3 Å². The molecule has 21 heavy (non-hydrogen) atoms. The third-order valence-corrected chi connectivity index (χ3v) is 3.17. The number of anilines is 1. The Labute approximate surface area is 125 Å². The van der Waals surface area contributed by atoms with Gasteiger partial charge in [0.1, 0.15) is 0 Å². The number of nitrogens with one attached hydrogen (secondary N) is 1. The number of hydrogen-bond acceptors (Lipinski definition) is 4. The number of carbonyl (C=O) groups excluding carboxylic acids is 2. The first-order valence-corrected chi connectivity index (χ1v) is 6.81. The molecule has 1 unspecified atom stereocenters. The fraction of sp³-hybridized carbons (Fsp3) is 0.467. The highest BCUT2D eigenvalue weighted by Gasteiger charge is 2.20. The summed E-state index contributed by atoms with van der Waals surface area (Å²) in [6, 6.07) is 7.21. The second kappa shape index (κ2) is 8.26. The molecule has 0 fully saturated rings. The zero-order valence-corrected chi connectivity index (χ0v) is 12.8. The average molecular weight is 293 g/mol. The van der Waals surface area contributed by atoms with Gasteiger partial charge in [-0.15, -0.1) is 0 Å². The van der Waals surface area contributed by atoms with Crippen molar-refractivity contribution in [1.82, 2.24) is 10.2 Å². The van der Waals surface area contributed by atoms with Crippen molar-refractivity contribution in [1.29, 1.82) is 0 Å². The minimum absolute atomic E-state index is 0.0230. The number of ether oxygens (including phenoxy) is 1. The van der Waals surface area contributed by atoms with E-state index in [0.29, 0.717) is 18.8 Å². The monoisotopic (exact) mass is 293 g/mol. The van der Waals surface area contributed by atoms with Gasteiger partial charge in [-0.3, -0.25) is 9.59 Å². The molecule has 6 heteroatoms. The van der Waals surface area contributed by atoms with E-state index in [0.717, 1.165) is 5.56 Å². The first-order valence-electron chi connectivity index (χ1n) is 6.81. The molecule has 0 radical (unpaired) electrons. The summed E-state index contributed by atoms with van der Waals surface area (Å²) in [6.07, 6.45) is 0. The third-order valence-electron chi connectivity index (χ3n) is 3.17. The predicted octanol–water partition coefficient (Wildman–Crippen LogP) is 0.593. The molecule has 1 atom stereocenters. The van der Waals surface area contributed by atoms with Crippen molar-refractivity contribution in [3.05, 3.63) is 29.8 Å². The largest absolute Gasteiger partial charge is 0.399 e. The molecule has 116 valence electrons. The van der Waals surface area contributed by atoms with Gasteiger partial charge in [0.05, 0.1) is 19.1 Å². The lowest BCUT2D eigenvalue weighted by molar-refractivity contribution is -0.135. The van der Waals surface area contributed by atoms with Crippen LogP contribution in [0.4, 0.5) is 5.69 Å². The Kier molecular flexibility index (Phi) is 6.68. The van der Waals surface area contributed by atoms with Gasteiger partial charge in [-0.2, -0.15) is 0 Å². The van der Waals surface area contributed by atoms with Crippen molar-refractivity contribution < 1.29 is 14.3 Å². The number of likely N-dealkylation sites (N-methyl/N-ethyl adjacent to an activating group) is 1. The molecule has 0 heterocycles. The Balaban J connectivity index is 2.55. The lowest BCUT2D eigenvalue weighted by Crippen LogP contribution is -2.40. The molecule has 0 saturated carbocycles. The van der Waals surface area contributed by atoms with Gasteiger partial charge in [0.2, 0.25) is 11.8 Å². The van der Waals surface area contributed by atoms with Crippen LogP contribution in [0.5, 0.6) is 0 Å². The fourth-order valence-corrected chi connectivity index (χ4v) is 1.94. The molecule has 0 spiro atoms. The van der Waals surface area contributed by atoms with Crippen LogP contribution in [0.25, 0.3) is 0 Å². The van der Waals surface area contributed by atoms with E-state index in [2.05, 4.69) is 5.32 Å². The fourth-order valence-electron chi connectivity index (χ4n) is 1.94. The number of benzene rings is 1. The summed E-state index contributed by atoms with van der Waals surface area (Å²) >= 11 is 0. The van der Waals surface area contributed by atoms with Crippen LogP contribution in [-0.2, 0) is 14.3 Å². The van der Waals surface area contributed by atoms with Crippen LogP contribution in [0.2, 0.25) is 0 Å². The smallest absolute Gasteiger partial charge is 0.239 e. The van der Waals surface area contributed by atoms with Crippen LogP contribution in [0.3, 0.4) is 0 Å². The molecule has 0 aliphatic carbocycles. The Bertz CT molecular complexity index is 491. The van der Waals surface area contributed by atoms with Gasteiger partial charge >= 0.3 is 0 Å². The lowest BCUT2D eigenvalue weighted by atomic mass is 9.99. The highest BCUT2D eigenvalue weighted by atomic mass is 16.5. The Morgan fingerprint density at radius 3 is 2.76 bits per heavy atom. The Morgan fingerprint density at radius 2 is 2.14 bits per heavy atom. The standard InChI is InChI=1S/C15H23N3O3/c1-11(12-5-4-6-13(16)9-12)15(20)18(2)10-14(19)17-7-8-21-3/h4-6,9,11H,7-8,10,16H2,1-3H3,(H,17,19). The molecule has 0 aliphatic rings. The number of amides is 2. The highest BCUT2D eigenvalue weighted by Crippen LogP contribution is 2.19. The Morgan fingerprint density at radius 1 is 1.43 bits per heavy atom. The van der Waals surface area contributed by atoms with Crippen LogP contribution in [-0.4, -0.2) is 50.6 Å². The molecular weight excluding hydrogens is 270 g/mol. The maximum atomic E-state index is 12.3. The van der Waals surface area contributed by atoms with E-state index in [9.17, 15) is 9.59 Å². The van der Waals surface area contributed by atoms with E-state index in [4.69, 9.17) is 10.5 Å². The second-order valence-corrected chi connectivity index (χ2v) is 4.93. The quantitative estimate of drug-likeness (QED) is 0.569. The van der Waals surface area contributed by atoms with Gasteiger partial charge in [-0.05, 0) is 24.6 Å². The molecule has 1 aromatic rings. The van der Waals surface area contributed by atoms with Gasteiger partial charge in [0, 0.05) is 26.4 Å². The summed E-state index contributed by atoms with van der Waals surface area (Å²) < 4.78 is 4.84. The molecule has 3 N–H and O–H groups in total. The summed E-state index contributed by atoms with van der Waals surface area (Å²) in [7, 11) is 3.18. The number of hydrogen-bond donors (Lipinski definition) is 2. The molecule has 0 aliphatic heterocycles. The average Bonchev–Trinajstić information content (AvgIpc) is 2.45. The van der Waals surface area contributed by atoms with E-state index in [1.54, 1.807) is 33.2 Å². The van der Waals surface area contributed by atoms with Gasteiger partial charge in [0.15, 0.2) is 0 Å². The van der Waals surface area contributed by atoms with E-state index in [1.807, 2.05) is 12.1 Å². The number of nitrogens with zero attached hydrogens (tertiary/aromatic N) is 1. The SMILES string of the molecule is COCCNC(=O)CN(C)C(=O)C(C)c1cccc(N)c1. The van der Waals surface area contributed by atoms with E-state index >= 15 is 0 Å². The topological polar surface area (TPSA) is 84.7 Å². The van der Waals surface area contributed by atoms with Crippen molar-refractivity contribution in [2.24, 2.45) is 0 Å². The molecule has 6 nitrogen and oxygen atoms in total. The number of nitrogens with two attached hydrogens (primary N) is 1. The van der Waals surface area contributed by atoms with Gasteiger partial charge in [-0.25, -0.2) is 0 Å². The molecule has 0 bridgehead atoms. The van der Waals surface area contributed by atoms with Crippen LogP contribution in [0.1, 0.15) is 18.4 Å². The summed E-state index contributed by atoms with van der Waals surface area (Å²) in [5.74, 6) is -0.671. The normalized spacial score (nSPS) is 11.8. The zero-order valence-electron chi connectivity index (χ0n) is 12.8. The number of rotatable bonds is 7. The van der Waals surface area contributed by atoms with Crippen molar-refractivity contribution in [2.75, 3.05) is 39.6 Å². The predicted molar refractivity (Wildman–Crippen MR) is 81.8 cm³/mol. The minimum Gasteiger partial charge on any atom is -0.399 e. The number of carbonyl (C=O) groups is 2. The highest BCUT2D eigenvalue weighted by molar-refractivity contribution is 5.88.